The summed E-state index contributed by atoms with van der Waals surface area (Å²) in [6.45, 7) is 0.871. The standard InChI is InChI=1S/C13H19NOS/c1-2-16-12(15-1)14-13-6-9-3-10(7-13)5-11(4-9)8-13/h9-11H,1-8H2. The van der Waals surface area contributed by atoms with E-state index in [4.69, 9.17) is 9.73 Å². The number of nitrogens with zero attached hydrogens (tertiary/aromatic N) is 1. The van der Waals surface area contributed by atoms with E-state index in [2.05, 4.69) is 0 Å². The monoisotopic (exact) mass is 237 g/mol. The van der Waals surface area contributed by atoms with Crippen molar-refractivity contribution in [2.24, 2.45) is 22.7 Å². The molecule has 0 N–H and O–H groups in total. The predicted molar refractivity (Wildman–Crippen MR) is 66.7 cm³/mol. The molecule has 4 bridgehead atoms. The highest BCUT2D eigenvalue weighted by Gasteiger charge is 2.51. The van der Waals surface area contributed by atoms with Crippen molar-refractivity contribution in [3.8, 4) is 0 Å². The van der Waals surface area contributed by atoms with Crippen molar-refractivity contribution in [1.82, 2.24) is 0 Å². The molecule has 0 aromatic heterocycles. The van der Waals surface area contributed by atoms with Gasteiger partial charge in [-0.05, 0) is 56.3 Å². The summed E-state index contributed by atoms with van der Waals surface area (Å²) in [6, 6.07) is 0. The minimum atomic E-state index is 0.307. The van der Waals surface area contributed by atoms with Gasteiger partial charge < -0.3 is 4.74 Å². The van der Waals surface area contributed by atoms with Gasteiger partial charge in [0, 0.05) is 5.75 Å². The van der Waals surface area contributed by atoms with Gasteiger partial charge in [0.05, 0.1) is 5.54 Å². The molecule has 0 spiro atoms. The Labute approximate surface area is 101 Å². The smallest absolute Gasteiger partial charge is 0.246 e. The fourth-order valence-electron chi connectivity index (χ4n) is 4.76. The first-order valence-corrected chi connectivity index (χ1v) is 7.65. The third-order valence-electron chi connectivity index (χ3n) is 4.87. The van der Waals surface area contributed by atoms with Crippen LogP contribution >= 0.6 is 11.8 Å². The van der Waals surface area contributed by atoms with Crippen LogP contribution in [0.5, 0.6) is 0 Å². The van der Waals surface area contributed by atoms with Crippen LogP contribution in [-0.2, 0) is 4.74 Å². The zero-order chi connectivity index (χ0) is 10.6. The van der Waals surface area contributed by atoms with E-state index in [1.165, 1.54) is 38.5 Å². The van der Waals surface area contributed by atoms with Crippen molar-refractivity contribution in [3.05, 3.63) is 0 Å². The zero-order valence-electron chi connectivity index (χ0n) is 9.65. The van der Waals surface area contributed by atoms with E-state index in [1.54, 1.807) is 0 Å². The first kappa shape index (κ1) is 9.81. The molecule has 1 heterocycles. The molecule has 3 heteroatoms. The predicted octanol–water partition coefficient (Wildman–Crippen LogP) is 3.07. The second-order valence-corrected chi connectivity index (χ2v) is 7.26. The van der Waals surface area contributed by atoms with Crippen LogP contribution in [0.2, 0.25) is 0 Å². The highest BCUT2D eigenvalue weighted by Crippen LogP contribution is 2.57. The summed E-state index contributed by atoms with van der Waals surface area (Å²) in [5.74, 6) is 4.07. The SMILES string of the molecule is C1CSC(=NC23CC4CC(CC(C4)C2)C3)O1. The molecule has 0 unspecified atom stereocenters. The minimum Gasteiger partial charge on any atom is -0.472 e. The Kier molecular flexibility index (Phi) is 2.09. The van der Waals surface area contributed by atoms with Gasteiger partial charge in [0.15, 0.2) is 0 Å². The molecule has 4 saturated carbocycles. The van der Waals surface area contributed by atoms with Crippen LogP contribution in [0.4, 0.5) is 0 Å². The lowest BCUT2D eigenvalue weighted by Gasteiger charge is -2.54. The number of rotatable bonds is 1. The van der Waals surface area contributed by atoms with Crippen LogP contribution in [0.3, 0.4) is 0 Å². The highest BCUT2D eigenvalue weighted by molar-refractivity contribution is 8.13. The van der Waals surface area contributed by atoms with Gasteiger partial charge in [-0.15, -0.1) is 0 Å². The molecule has 88 valence electrons. The molecule has 0 aromatic rings. The molecule has 2 nitrogen and oxygen atoms in total. The summed E-state index contributed by atoms with van der Waals surface area (Å²) in [6.07, 6.45) is 8.56. The van der Waals surface area contributed by atoms with Gasteiger partial charge in [-0.1, -0.05) is 11.8 Å². The molecular formula is C13H19NOS. The van der Waals surface area contributed by atoms with Gasteiger partial charge >= 0.3 is 0 Å². The highest BCUT2D eigenvalue weighted by atomic mass is 32.2. The second kappa shape index (κ2) is 3.41. The number of ether oxygens (including phenoxy) is 1. The Morgan fingerprint density at radius 1 is 1.06 bits per heavy atom. The van der Waals surface area contributed by atoms with Crippen molar-refractivity contribution >= 4 is 17.0 Å². The van der Waals surface area contributed by atoms with Crippen molar-refractivity contribution in [2.75, 3.05) is 12.4 Å². The maximum absolute atomic E-state index is 5.60. The Bertz CT molecular complexity index is 296. The van der Waals surface area contributed by atoms with Crippen molar-refractivity contribution < 1.29 is 4.74 Å². The number of hydrogen-bond acceptors (Lipinski definition) is 3. The average molecular weight is 237 g/mol. The first-order valence-electron chi connectivity index (χ1n) is 6.67. The fourth-order valence-corrected chi connectivity index (χ4v) is 5.53. The molecule has 1 aliphatic heterocycles. The maximum atomic E-state index is 5.60. The summed E-state index contributed by atoms with van der Waals surface area (Å²) in [5, 5.41) is 1.00. The summed E-state index contributed by atoms with van der Waals surface area (Å²) < 4.78 is 5.60. The molecule has 5 rings (SSSR count). The third kappa shape index (κ3) is 1.51. The number of hydrogen-bond donors (Lipinski definition) is 0. The van der Waals surface area contributed by atoms with Crippen LogP contribution in [0.15, 0.2) is 4.99 Å². The third-order valence-corrected chi connectivity index (χ3v) is 5.70. The molecule has 0 amide bonds. The summed E-state index contributed by atoms with van der Waals surface area (Å²) in [5.41, 5.74) is 0.307. The van der Waals surface area contributed by atoms with Gasteiger partial charge in [0.25, 0.3) is 0 Å². The van der Waals surface area contributed by atoms with Crippen LogP contribution in [0.25, 0.3) is 0 Å². The van der Waals surface area contributed by atoms with E-state index in [1.807, 2.05) is 11.8 Å². The Morgan fingerprint density at radius 2 is 1.69 bits per heavy atom. The molecule has 5 aliphatic rings. The van der Waals surface area contributed by atoms with E-state index in [-0.39, 0.29) is 0 Å². The maximum Gasteiger partial charge on any atom is 0.246 e. The lowest BCUT2D eigenvalue weighted by atomic mass is 9.53. The van der Waals surface area contributed by atoms with E-state index in [9.17, 15) is 0 Å². The van der Waals surface area contributed by atoms with Gasteiger partial charge in [-0.25, -0.2) is 4.99 Å². The lowest BCUT2D eigenvalue weighted by molar-refractivity contribution is 0.000926. The molecule has 1 saturated heterocycles. The first-order chi connectivity index (χ1) is 7.81. The minimum absolute atomic E-state index is 0.307. The lowest BCUT2D eigenvalue weighted by Crippen LogP contribution is -2.49. The molecular weight excluding hydrogens is 218 g/mol. The largest absolute Gasteiger partial charge is 0.472 e. The quantitative estimate of drug-likeness (QED) is 0.699. The van der Waals surface area contributed by atoms with Crippen LogP contribution < -0.4 is 0 Å². The van der Waals surface area contributed by atoms with Gasteiger partial charge in [-0.2, -0.15) is 0 Å². The molecule has 0 radical (unpaired) electrons. The second-order valence-electron chi connectivity index (χ2n) is 6.22. The average Bonchev–Trinajstić information content (AvgIpc) is 2.66. The summed E-state index contributed by atoms with van der Waals surface area (Å²) in [4.78, 5) is 5.02. The van der Waals surface area contributed by atoms with Gasteiger partial charge in [-0.3, -0.25) is 0 Å². The van der Waals surface area contributed by atoms with Crippen LogP contribution in [0.1, 0.15) is 38.5 Å². The Morgan fingerprint density at radius 3 is 2.19 bits per heavy atom. The topological polar surface area (TPSA) is 21.6 Å². The van der Waals surface area contributed by atoms with Gasteiger partial charge in [0.1, 0.15) is 6.61 Å². The van der Waals surface area contributed by atoms with Gasteiger partial charge in [0.2, 0.25) is 5.23 Å². The molecule has 5 fully saturated rings. The Hall–Kier alpha value is -0.180. The van der Waals surface area contributed by atoms with Crippen molar-refractivity contribution in [1.29, 1.82) is 0 Å². The fraction of sp³-hybridized carbons (Fsp3) is 0.923. The number of thioether (sulfide) groups is 1. The summed E-state index contributed by atoms with van der Waals surface area (Å²) >= 11 is 1.82. The molecule has 4 aliphatic carbocycles. The Balaban J connectivity index is 1.63. The molecule has 16 heavy (non-hydrogen) atoms. The number of aliphatic imine (C=N–C) groups is 1. The normalized spacial score (nSPS) is 52.2. The van der Waals surface area contributed by atoms with E-state index in [0.29, 0.717) is 5.54 Å². The van der Waals surface area contributed by atoms with E-state index >= 15 is 0 Å². The van der Waals surface area contributed by atoms with Crippen molar-refractivity contribution in [3.63, 3.8) is 0 Å². The zero-order valence-corrected chi connectivity index (χ0v) is 10.5. The van der Waals surface area contributed by atoms with Crippen molar-refractivity contribution in [2.45, 2.75) is 44.1 Å². The molecule has 0 atom stereocenters. The van der Waals surface area contributed by atoms with E-state index in [0.717, 1.165) is 35.3 Å². The van der Waals surface area contributed by atoms with E-state index < -0.39 is 0 Å². The van der Waals surface area contributed by atoms with Crippen LogP contribution in [0, 0.1) is 17.8 Å². The summed E-state index contributed by atoms with van der Waals surface area (Å²) in [7, 11) is 0. The van der Waals surface area contributed by atoms with Crippen LogP contribution in [-0.4, -0.2) is 23.1 Å². The molecule has 0 aromatic carbocycles.